The number of carboxylic acids is 1. The first kappa shape index (κ1) is 27.2. The number of ketones is 1. The van der Waals surface area contributed by atoms with Gasteiger partial charge in [-0.1, -0.05) is 13.8 Å². The number of nitrogens with two attached hydrogens (primary N) is 1. The van der Waals surface area contributed by atoms with Crippen LogP contribution in [0, 0.1) is 16.6 Å². The van der Waals surface area contributed by atoms with Crippen molar-refractivity contribution >= 4 is 85.5 Å². The lowest BCUT2D eigenvalue weighted by molar-refractivity contribution is -0.138. The van der Waals surface area contributed by atoms with Gasteiger partial charge in [0.25, 0.3) is 0 Å². The summed E-state index contributed by atoms with van der Waals surface area (Å²) < 4.78 is 13.8. The largest absolute Gasteiger partial charge is 0.480 e. The number of esters is 1. The van der Waals surface area contributed by atoms with Crippen molar-refractivity contribution in [1.82, 2.24) is 0 Å². The van der Waals surface area contributed by atoms with Gasteiger partial charge in [-0.15, -0.1) is 0 Å². The van der Waals surface area contributed by atoms with E-state index in [2.05, 4.69) is 67.8 Å². The molecule has 0 saturated heterocycles. The number of Topliss-reactive ketones (excluding diaryl/α,β-unsaturated/α-hetero) is 1. The molecule has 3 N–H and O–H groups in total. The number of carbonyl (C=O) groups excluding carboxylic acids is 2. The molecular formula is C22H22I3NO6. The molecule has 0 fully saturated rings. The van der Waals surface area contributed by atoms with Gasteiger partial charge >= 0.3 is 11.9 Å². The summed E-state index contributed by atoms with van der Waals surface area (Å²) in [7, 11) is 0. The number of hydrogen-bond donors (Lipinski definition) is 2. The molecule has 0 heterocycles. The second-order valence-electron chi connectivity index (χ2n) is 7.33. The molecule has 0 saturated carbocycles. The highest BCUT2D eigenvalue weighted by Gasteiger charge is 2.17. The van der Waals surface area contributed by atoms with Crippen LogP contribution in [-0.4, -0.2) is 28.9 Å². The molecule has 7 nitrogen and oxygen atoms in total. The summed E-state index contributed by atoms with van der Waals surface area (Å²) in [6.45, 7) is 3.60. The molecule has 0 aliphatic carbocycles. The second-order valence-corrected chi connectivity index (χ2v) is 10.8. The summed E-state index contributed by atoms with van der Waals surface area (Å²) in [5.74, 6) is 0.0412. The summed E-state index contributed by atoms with van der Waals surface area (Å²) in [4.78, 5) is 34.7. The molecule has 0 aliphatic rings. The molecule has 10 heteroatoms. The standard InChI is InChI=1S/C22H22I3NO6/c1-11(2)18(27)4-6-20(28)32-19-5-3-13(10-14(19)23)31-21-15(24)7-12(8-16(21)25)9-17(26)22(29)30/h3,5,7-8,10-11,17H,4,6,9,26H2,1-2H3,(H,29,30)/t17-/m0/s1. The van der Waals surface area contributed by atoms with Gasteiger partial charge in [0.05, 0.1) is 17.1 Å². The highest BCUT2D eigenvalue weighted by atomic mass is 127. The Bertz CT molecular complexity index is 1000. The van der Waals surface area contributed by atoms with Crippen LogP contribution in [0.5, 0.6) is 17.2 Å². The lowest BCUT2D eigenvalue weighted by Gasteiger charge is -2.14. The maximum atomic E-state index is 12.1. The van der Waals surface area contributed by atoms with Crippen LogP contribution < -0.4 is 15.2 Å². The van der Waals surface area contributed by atoms with E-state index < -0.39 is 18.0 Å². The zero-order chi connectivity index (χ0) is 24.0. The number of ether oxygens (including phenoxy) is 2. The Morgan fingerprint density at radius 2 is 1.62 bits per heavy atom. The number of halogens is 3. The zero-order valence-corrected chi connectivity index (χ0v) is 23.8. The summed E-state index contributed by atoms with van der Waals surface area (Å²) in [5.41, 5.74) is 6.45. The minimum Gasteiger partial charge on any atom is -0.480 e. The number of carboxylic acid groups (broad SMARTS) is 1. The minimum atomic E-state index is -1.04. The highest BCUT2D eigenvalue weighted by molar-refractivity contribution is 14.1. The van der Waals surface area contributed by atoms with Gasteiger partial charge in [0.1, 0.15) is 23.3 Å². The van der Waals surface area contributed by atoms with Crippen molar-refractivity contribution in [2.45, 2.75) is 39.2 Å². The van der Waals surface area contributed by atoms with Crippen molar-refractivity contribution in [3.05, 3.63) is 46.6 Å². The molecule has 172 valence electrons. The monoisotopic (exact) mass is 777 g/mol. The Hall–Kier alpha value is -1.000. The second kappa shape index (κ2) is 12.5. The Morgan fingerprint density at radius 3 is 2.16 bits per heavy atom. The first-order valence-electron chi connectivity index (χ1n) is 9.65. The van der Waals surface area contributed by atoms with Gasteiger partial charge < -0.3 is 20.3 Å². The molecule has 0 radical (unpaired) electrons. The fourth-order valence-corrected chi connectivity index (χ4v) is 5.32. The number of aliphatic carboxylic acids is 1. The first-order valence-corrected chi connectivity index (χ1v) is 12.9. The third kappa shape index (κ3) is 8.09. The molecule has 32 heavy (non-hydrogen) atoms. The number of rotatable bonds is 10. The van der Waals surface area contributed by atoms with Crippen molar-refractivity contribution in [1.29, 1.82) is 0 Å². The summed E-state index contributed by atoms with van der Waals surface area (Å²) in [5, 5.41) is 9.01. The molecule has 2 aromatic carbocycles. The van der Waals surface area contributed by atoms with Crippen molar-refractivity contribution in [3.8, 4) is 17.2 Å². The quantitative estimate of drug-likeness (QED) is 0.195. The van der Waals surface area contributed by atoms with Gasteiger partial charge in [0.2, 0.25) is 0 Å². The van der Waals surface area contributed by atoms with Crippen LogP contribution in [0.1, 0.15) is 32.3 Å². The van der Waals surface area contributed by atoms with Crippen molar-refractivity contribution < 1.29 is 29.0 Å². The fourth-order valence-electron chi connectivity index (χ4n) is 2.60. The summed E-state index contributed by atoms with van der Waals surface area (Å²) >= 11 is 6.33. The number of carbonyl (C=O) groups is 3. The van der Waals surface area contributed by atoms with Gasteiger partial charge in [0, 0.05) is 12.3 Å². The smallest absolute Gasteiger partial charge is 0.320 e. The molecule has 2 rings (SSSR count). The highest BCUT2D eigenvalue weighted by Crippen LogP contribution is 2.35. The van der Waals surface area contributed by atoms with Crippen LogP contribution in [0.3, 0.4) is 0 Å². The summed E-state index contributed by atoms with van der Waals surface area (Å²) in [6.07, 6.45) is 0.431. The Balaban J connectivity index is 2.08. The molecule has 1 atom stereocenters. The van der Waals surface area contributed by atoms with Gasteiger partial charge in [-0.2, -0.15) is 0 Å². The number of benzene rings is 2. The molecular weight excluding hydrogens is 755 g/mol. The van der Waals surface area contributed by atoms with E-state index in [-0.39, 0.29) is 31.0 Å². The average Bonchev–Trinajstić information content (AvgIpc) is 2.70. The van der Waals surface area contributed by atoms with E-state index in [9.17, 15) is 14.4 Å². The Morgan fingerprint density at radius 1 is 1.00 bits per heavy atom. The fraction of sp³-hybridized carbons (Fsp3) is 0.318. The van der Waals surface area contributed by atoms with E-state index in [1.807, 2.05) is 12.1 Å². The van der Waals surface area contributed by atoms with Crippen molar-refractivity contribution in [3.63, 3.8) is 0 Å². The van der Waals surface area contributed by atoms with Gasteiger partial charge in [-0.25, -0.2) is 0 Å². The number of hydrogen-bond acceptors (Lipinski definition) is 6. The van der Waals surface area contributed by atoms with Crippen LogP contribution in [0.15, 0.2) is 30.3 Å². The average molecular weight is 777 g/mol. The van der Waals surface area contributed by atoms with E-state index in [1.165, 1.54) is 0 Å². The van der Waals surface area contributed by atoms with Crippen molar-refractivity contribution in [2.24, 2.45) is 11.7 Å². The predicted molar refractivity (Wildman–Crippen MR) is 145 cm³/mol. The molecule has 0 spiro atoms. The maximum Gasteiger partial charge on any atom is 0.320 e. The van der Waals surface area contributed by atoms with E-state index in [0.29, 0.717) is 20.8 Å². The zero-order valence-electron chi connectivity index (χ0n) is 17.4. The van der Waals surface area contributed by atoms with Gasteiger partial charge in [-0.3, -0.25) is 14.4 Å². The normalized spacial score (nSPS) is 11.8. The van der Waals surface area contributed by atoms with Crippen LogP contribution in [0.25, 0.3) is 0 Å². The molecule has 0 aromatic heterocycles. The third-order valence-electron chi connectivity index (χ3n) is 4.40. The lowest BCUT2D eigenvalue weighted by Crippen LogP contribution is -2.32. The minimum absolute atomic E-state index is 0.0283. The molecule has 0 bridgehead atoms. The van der Waals surface area contributed by atoms with E-state index >= 15 is 0 Å². The van der Waals surface area contributed by atoms with Crippen LogP contribution >= 0.6 is 67.8 Å². The maximum absolute atomic E-state index is 12.1. The van der Waals surface area contributed by atoms with E-state index in [0.717, 1.165) is 12.7 Å². The summed E-state index contributed by atoms with van der Waals surface area (Å²) in [6, 6.07) is 7.83. The van der Waals surface area contributed by atoms with E-state index in [4.69, 9.17) is 20.3 Å². The third-order valence-corrected chi connectivity index (χ3v) is 6.84. The Labute approximate surface area is 227 Å². The first-order chi connectivity index (χ1) is 15.0. The van der Waals surface area contributed by atoms with Crippen LogP contribution in [0.4, 0.5) is 0 Å². The SMILES string of the molecule is CC(C)C(=O)CCC(=O)Oc1ccc(Oc2c(I)cc(C[C@H](N)C(=O)O)cc2I)cc1I. The lowest BCUT2D eigenvalue weighted by atomic mass is 10.1. The topological polar surface area (TPSA) is 116 Å². The predicted octanol–water partition coefficient (Wildman–Crippen LogP) is 5.16. The van der Waals surface area contributed by atoms with E-state index in [1.54, 1.807) is 32.0 Å². The molecule has 0 amide bonds. The Kier molecular flexibility index (Phi) is 10.6. The van der Waals surface area contributed by atoms with Crippen molar-refractivity contribution in [2.75, 3.05) is 0 Å². The van der Waals surface area contributed by atoms with Crippen LogP contribution in [0.2, 0.25) is 0 Å². The molecule has 0 aliphatic heterocycles. The van der Waals surface area contributed by atoms with Crippen LogP contribution in [-0.2, 0) is 20.8 Å². The van der Waals surface area contributed by atoms with Gasteiger partial charge in [-0.05, 0) is 110 Å². The van der Waals surface area contributed by atoms with Gasteiger partial charge in [0.15, 0.2) is 5.75 Å². The molecule has 0 unspecified atom stereocenters. The molecule has 2 aromatic rings.